The Morgan fingerprint density at radius 2 is 1.85 bits per heavy atom. The first kappa shape index (κ1) is 28.9. The predicted molar refractivity (Wildman–Crippen MR) is 145 cm³/mol. The smallest absolute Gasteiger partial charge is 0.235 e. The Morgan fingerprint density at radius 1 is 1.18 bits per heavy atom. The number of hydrogen-bond donors (Lipinski definition) is 3. The van der Waals surface area contributed by atoms with E-state index in [0.29, 0.717) is 28.6 Å². The molecule has 0 spiro atoms. The number of halogens is 1. The molecule has 11 heteroatoms. The van der Waals surface area contributed by atoms with Gasteiger partial charge in [0.15, 0.2) is 34.7 Å². The Labute approximate surface area is 237 Å². The Bertz CT molecular complexity index is 1310. The zero-order valence-electron chi connectivity index (χ0n) is 23.0. The van der Waals surface area contributed by atoms with Gasteiger partial charge in [0.2, 0.25) is 5.91 Å². The molecule has 0 aromatic heterocycles. The van der Waals surface area contributed by atoms with Crippen molar-refractivity contribution in [2.45, 2.75) is 57.2 Å². The van der Waals surface area contributed by atoms with Crippen LogP contribution in [0.15, 0.2) is 6.07 Å². The fourth-order valence-electron chi connectivity index (χ4n) is 7.41. The first-order valence-corrected chi connectivity index (χ1v) is 14.3. The molecular formula is C29H36ClN3O7. The summed E-state index contributed by atoms with van der Waals surface area (Å²) in [6, 6.07) is 0.324. The Balaban J connectivity index is 1.53. The molecule has 0 bridgehead atoms. The number of phenolic OH excluding ortho intramolecular Hbond substituents is 1. The Morgan fingerprint density at radius 3 is 2.40 bits per heavy atom. The highest BCUT2D eigenvalue weighted by Gasteiger charge is 2.69. The van der Waals surface area contributed by atoms with E-state index in [2.05, 4.69) is 11.8 Å². The summed E-state index contributed by atoms with van der Waals surface area (Å²) < 4.78 is 0. The second-order valence-corrected chi connectivity index (χ2v) is 12.5. The van der Waals surface area contributed by atoms with Gasteiger partial charge < -0.3 is 15.9 Å². The summed E-state index contributed by atoms with van der Waals surface area (Å²) >= 11 is 6.87. The van der Waals surface area contributed by atoms with E-state index in [1.54, 1.807) is 14.1 Å². The van der Waals surface area contributed by atoms with E-state index in [1.807, 2.05) is 0 Å². The second-order valence-electron chi connectivity index (χ2n) is 12.1. The average Bonchev–Trinajstić information content (AvgIpc) is 2.85. The first-order chi connectivity index (χ1) is 18.8. The van der Waals surface area contributed by atoms with Crippen molar-refractivity contribution < 1.29 is 34.2 Å². The number of aromatic hydroxyl groups is 1. The summed E-state index contributed by atoms with van der Waals surface area (Å²) in [5, 5.41) is 23.0. The summed E-state index contributed by atoms with van der Waals surface area (Å²) in [7, 11) is 3.11. The van der Waals surface area contributed by atoms with Gasteiger partial charge in [-0.3, -0.25) is 33.8 Å². The van der Waals surface area contributed by atoms with Gasteiger partial charge in [-0.1, -0.05) is 24.9 Å². The largest absolute Gasteiger partial charge is 0.507 e. The maximum absolute atomic E-state index is 13.9. The number of benzene rings is 1. The number of nitrogens with two attached hydrogens (primary N) is 1. The van der Waals surface area contributed by atoms with E-state index in [-0.39, 0.29) is 24.2 Å². The Hall–Kier alpha value is -2.66. The molecule has 1 aromatic rings. The van der Waals surface area contributed by atoms with Crippen LogP contribution in [0.25, 0.3) is 0 Å². The number of primary amides is 1. The van der Waals surface area contributed by atoms with Crippen LogP contribution >= 0.6 is 11.6 Å². The lowest BCUT2D eigenvalue weighted by Crippen LogP contribution is -2.74. The third-order valence-corrected chi connectivity index (χ3v) is 10.1. The van der Waals surface area contributed by atoms with Crippen molar-refractivity contribution in [3.63, 3.8) is 0 Å². The van der Waals surface area contributed by atoms with Crippen LogP contribution < -0.4 is 5.73 Å². The molecule has 3 saturated carbocycles. The van der Waals surface area contributed by atoms with Crippen molar-refractivity contribution in [2.75, 3.05) is 27.2 Å². The minimum Gasteiger partial charge on any atom is -0.507 e. The normalized spacial score (nSPS) is 32.1. The van der Waals surface area contributed by atoms with Crippen LogP contribution in [0.4, 0.5) is 0 Å². The standard InChI is InChI=1S/C29H36ClN3O7/c1-4-33(11-13-6-5-7-13)12-15-10-18(34)20-16(22(15)30)8-14-9-17-23(32(2)3)25(36)21(28(31)39)27(38)29(17,40)26(37)19(14)24(20)35/h10,13-14,17,19,21,23,34,40H,4-9,11-12H2,1-3H3,(H2,31,39)/t14-,17-,19?,21?,23-,29-/m0/s1. The highest BCUT2D eigenvalue weighted by molar-refractivity contribution is 6.34. The van der Waals surface area contributed by atoms with Crippen LogP contribution in [0.1, 0.15) is 54.1 Å². The molecule has 4 aliphatic carbocycles. The summed E-state index contributed by atoms with van der Waals surface area (Å²) in [6.45, 7) is 4.27. The average molecular weight is 574 g/mol. The van der Waals surface area contributed by atoms with Crippen LogP contribution in [-0.2, 0) is 32.1 Å². The van der Waals surface area contributed by atoms with Crippen molar-refractivity contribution in [1.82, 2.24) is 9.80 Å². The molecule has 0 saturated heterocycles. The molecule has 3 fully saturated rings. The molecule has 1 amide bonds. The maximum atomic E-state index is 13.9. The van der Waals surface area contributed by atoms with Gasteiger partial charge in [-0.25, -0.2) is 0 Å². The minimum atomic E-state index is -2.74. The third-order valence-electron chi connectivity index (χ3n) is 9.65. The molecule has 4 aliphatic rings. The number of carbonyl (C=O) groups excluding carboxylic acids is 5. The summed E-state index contributed by atoms with van der Waals surface area (Å²) in [4.78, 5) is 70.0. The fourth-order valence-corrected chi connectivity index (χ4v) is 7.70. The quantitative estimate of drug-likeness (QED) is 0.407. The van der Waals surface area contributed by atoms with Gasteiger partial charge in [0.1, 0.15) is 5.75 Å². The van der Waals surface area contributed by atoms with Crippen molar-refractivity contribution in [3.05, 3.63) is 27.8 Å². The van der Waals surface area contributed by atoms with Crippen LogP contribution in [0.5, 0.6) is 5.75 Å². The van der Waals surface area contributed by atoms with Crippen LogP contribution in [-0.4, -0.2) is 87.9 Å². The summed E-state index contributed by atoms with van der Waals surface area (Å²) in [5.41, 5.74) is 3.65. The highest BCUT2D eigenvalue weighted by Crippen LogP contribution is 2.51. The van der Waals surface area contributed by atoms with Gasteiger partial charge in [-0.15, -0.1) is 0 Å². The van der Waals surface area contributed by atoms with Gasteiger partial charge in [-0.05, 0) is 75.4 Å². The first-order valence-electron chi connectivity index (χ1n) is 13.9. The predicted octanol–water partition coefficient (Wildman–Crippen LogP) is 1.14. The van der Waals surface area contributed by atoms with E-state index in [1.165, 1.54) is 30.2 Å². The monoisotopic (exact) mass is 573 g/mol. The molecule has 2 unspecified atom stereocenters. The summed E-state index contributed by atoms with van der Waals surface area (Å²) in [5.74, 6) is -9.99. The molecule has 216 valence electrons. The second kappa shape index (κ2) is 10.3. The molecule has 0 radical (unpaired) electrons. The molecule has 10 nitrogen and oxygen atoms in total. The lowest BCUT2D eigenvalue weighted by Gasteiger charge is -2.52. The molecule has 4 N–H and O–H groups in total. The topological polar surface area (TPSA) is 158 Å². The number of rotatable bonds is 7. The zero-order chi connectivity index (χ0) is 29.3. The maximum Gasteiger partial charge on any atom is 0.235 e. The highest BCUT2D eigenvalue weighted by atomic mass is 35.5. The van der Waals surface area contributed by atoms with Crippen LogP contribution in [0, 0.1) is 29.6 Å². The zero-order valence-corrected chi connectivity index (χ0v) is 23.7. The lowest BCUT2D eigenvalue weighted by molar-refractivity contribution is -0.181. The molecule has 40 heavy (non-hydrogen) atoms. The molecule has 6 atom stereocenters. The molecule has 0 aliphatic heterocycles. The molecule has 0 heterocycles. The number of carbonyl (C=O) groups is 5. The SMILES string of the molecule is CCN(Cc1cc(O)c2c(c1Cl)C[C@H]1C[C@H]3[C@H](N(C)C)C(=O)C(C(N)=O)C(=O)[C@@]3(O)C(=O)C1C2=O)CC1CCC1. The van der Waals surface area contributed by atoms with Gasteiger partial charge in [0.05, 0.1) is 17.5 Å². The number of aliphatic hydroxyl groups is 1. The number of hydrogen-bond acceptors (Lipinski definition) is 9. The number of fused-ring (bicyclic) bond motifs is 3. The summed E-state index contributed by atoms with van der Waals surface area (Å²) in [6.07, 6.45) is 3.77. The lowest BCUT2D eigenvalue weighted by atomic mass is 9.52. The molecular weight excluding hydrogens is 538 g/mol. The van der Waals surface area contributed by atoms with Gasteiger partial charge in [0.25, 0.3) is 0 Å². The van der Waals surface area contributed by atoms with Crippen LogP contribution in [0.3, 0.4) is 0 Å². The van der Waals surface area contributed by atoms with E-state index in [4.69, 9.17) is 17.3 Å². The van der Waals surface area contributed by atoms with Gasteiger partial charge >= 0.3 is 0 Å². The number of likely N-dealkylation sites (N-methyl/N-ethyl adjacent to an activating group) is 1. The van der Waals surface area contributed by atoms with Crippen molar-refractivity contribution in [1.29, 1.82) is 0 Å². The third kappa shape index (κ3) is 4.22. The number of Topliss-reactive ketones (excluding diaryl/α,β-unsaturated/α-hetero) is 4. The Kier molecular flexibility index (Phi) is 7.44. The molecule has 5 rings (SSSR count). The van der Waals surface area contributed by atoms with E-state index in [9.17, 15) is 34.2 Å². The van der Waals surface area contributed by atoms with Gasteiger partial charge in [-0.2, -0.15) is 0 Å². The van der Waals surface area contributed by atoms with E-state index < -0.39 is 64.4 Å². The van der Waals surface area contributed by atoms with E-state index >= 15 is 0 Å². The molecule has 1 aromatic carbocycles. The number of ketones is 4. The van der Waals surface area contributed by atoms with Gasteiger partial charge in [0, 0.05) is 24.0 Å². The van der Waals surface area contributed by atoms with Crippen molar-refractivity contribution in [3.8, 4) is 5.75 Å². The minimum absolute atomic E-state index is 0.00597. The number of phenols is 1. The van der Waals surface area contributed by atoms with Crippen molar-refractivity contribution in [2.24, 2.45) is 35.3 Å². The van der Waals surface area contributed by atoms with E-state index in [0.717, 1.165) is 13.1 Å². The fraction of sp³-hybridized carbons (Fsp3) is 0.621. The van der Waals surface area contributed by atoms with Crippen LogP contribution in [0.2, 0.25) is 5.02 Å². The van der Waals surface area contributed by atoms with Crippen molar-refractivity contribution >= 4 is 40.6 Å². The number of amides is 1. The number of nitrogens with zero attached hydrogens (tertiary/aromatic N) is 2.